The van der Waals surface area contributed by atoms with Crippen molar-refractivity contribution in [2.45, 2.75) is 19.4 Å². The minimum atomic E-state index is -0.368. The topological polar surface area (TPSA) is 45.0 Å². The number of nitrogens with zero attached hydrogens (tertiary/aromatic N) is 1. The van der Waals surface area contributed by atoms with E-state index in [9.17, 15) is 4.39 Å². The Morgan fingerprint density at radius 2 is 1.95 bits per heavy atom. The Hall–Kier alpha value is -2.54. The van der Waals surface area contributed by atoms with Crippen LogP contribution in [0.1, 0.15) is 24.1 Å². The smallest absolute Gasteiger partial charge is 0.165 e. The van der Waals surface area contributed by atoms with E-state index in [1.165, 1.54) is 13.2 Å². The standard InChI is InChI=1S/C17H17FN2O/c1-12(14-5-8-17(21-2)16(18)11-14)20-15-6-3-13(4-7-15)9-10-19/h3-8,11-12,20H,9H2,1-2H3. The Morgan fingerprint density at radius 3 is 2.52 bits per heavy atom. The molecular formula is C17H17FN2O. The van der Waals surface area contributed by atoms with Gasteiger partial charge in [-0.25, -0.2) is 4.39 Å². The minimum Gasteiger partial charge on any atom is -0.494 e. The molecule has 0 radical (unpaired) electrons. The number of benzene rings is 2. The first-order chi connectivity index (χ1) is 10.1. The van der Waals surface area contributed by atoms with Gasteiger partial charge in [-0.05, 0) is 42.3 Å². The molecule has 2 rings (SSSR count). The fourth-order valence-electron chi connectivity index (χ4n) is 2.10. The molecule has 0 aromatic heterocycles. The van der Waals surface area contributed by atoms with Gasteiger partial charge in [0.2, 0.25) is 0 Å². The third-order valence-electron chi connectivity index (χ3n) is 3.30. The Balaban J connectivity index is 2.08. The number of nitrogens with one attached hydrogen (secondary N) is 1. The maximum Gasteiger partial charge on any atom is 0.165 e. The molecule has 21 heavy (non-hydrogen) atoms. The van der Waals surface area contributed by atoms with Crippen molar-refractivity contribution < 1.29 is 9.13 Å². The van der Waals surface area contributed by atoms with Gasteiger partial charge in [0.1, 0.15) is 0 Å². The van der Waals surface area contributed by atoms with Crippen molar-refractivity contribution in [1.82, 2.24) is 0 Å². The molecule has 3 nitrogen and oxygen atoms in total. The van der Waals surface area contributed by atoms with Gasteiger partial charge in [-0.15, -0.1) is 0 Å². The number of hydrogen-bond acceptors (Lipinski definition) is 3. The zero-order chi connectivity index (χ0) is 15.2. The molecule has 0 aliphatic carbocycles. The summed E-state index contributed by atoms with van der Waals surface area (Å²) >= 11 is 0. The normalized spacial score (nSPS) is 11.5. The zero-order valence-corrected chi connectivity index (χ0v) is 12.1. The lowest BCUT2D eigenvalue weighted by atomic mass is 10.1. The summed E-state index contributed by atoms with van der Waals surface area (Å²) in [6.07, 6.45) is 0.402. The van der Waals surface area contributed by atoms with Gasteiger partial charge in [0.25, 0.3) is 0 Å². The lowest BCUT2D eigenvalue weighted by Gasteiger charge is -2.16. The summed E-state index contributed by atoms with van der Waals surface area (Å²) < 4.78 is 18.6. The average Bonchev–Trinajstić information content (AvgIpc) is 2.49. The van der Waals surface area contributed by atoms with E-state index in [1.54, 1.807) is 6.07 Å². The number of anilines is 1. The first-order valence-corrected chi connectivity index (χ1v) is 6.70. The second-order valence-electron chi connectivity index (χ2n) is 4.79. The summed E-state index contributed by atoms with van der Waals surface area (Å²) in [7, 11) is 1.45. The molecule has 0 saturated heterocycles. The van der Waals surface area contributed by atoms with Gasteiger partial charge in [0, 0.05) is 11.7 Å². The van der Waals surface area contributed by atoms with Gasteiger partial charge in [0.05, 0.1) is 19.6 Å². The molecule has 0 fully saturated rings. The molecule has 108 valence electrons. The third kappa shape index (κ3) is 3.73. The van der Waals surface area contributed by atoms with Crippen LogP contribution in [0.15, 0.2) is 42.5 Å². The highest BCUT2D eigenvalue weighted by atomic mass is 19.1. The first-order valence-electron chi connectivity index (χ1n) is 6.70. The Bertz CT molecular complexity index is 647. The number of halogens is 1. The van der Waals surface area contributed by atoms with Gasteiger partial charge in [-0.1, -0.05) is 18.2 Å². The van der Waals surface area contributed by atoms with Crippen LogP contribution in [-0.4, -0.2) is 7.11 Å². The van der Waals surface area contributed by atoms with Crippen LogP contribution in [0.4, 0.5) is 10.1 Å². The fourth-order valence-corrected chi connectivity index (χ4v) is 2.10. The van der Waals surface area contributed by atoms with Crippen LogP contribution >= 0.6 is 0 Å². The van der Waals surface area contributed by atoms with E-state index in [0.717, 1.165) is 16.8 Å². The molecule has 1 N–H and O–H groups in total. The maximum atomic E-state index is 13.7. The van der Waals surface area contributed by atoms with Gasteiger partial charge < -0.3 is 10.1 Å². The molecule has 2 aromatic rings. The summed E-state index contributed by atoms with van der Waals surface area (Å²) in [6.45, 7) is 1.96. The highest BCUT2D eigenvalue weighted by Gasteiger charge is 2.09. The van der Waals surface area contributed by atoms with Crippen molar-refractivity contribution in [3.05, 3.63) is 59.4 Å². The van der Waals surface area contributed by atoms with Gasteiger partial charge in [0.15, 0.2) is 11.6 Å². The third-order valence-corrected chi connectivity index (χ3v) is 3.30. The number of hydrogen-bond donors (Lipinski definition) is 1. The van der Waals surface area contributed by atoms with Crippen LogP contribution in [0.25, 0.3) is 0 Å². The minimum absolute atomic E-state index is 0.0350. The van der Waals surface area contributed by atoms with Crippen LogP contribution in [0, 0.1) is 17.1 Å². The summed E-state index contributed by atoms with van der Waals surface area (Å²) in [6, 6.07) is 14.7. The van der Waals surface area contributed by atoms with Crippen molar-refractivity contribution in [3.63, 3.8) is 0 Å². The van der Waals surface area contributed by atoms with E-state index in [0.29, 0.717) is 6.42 Å². The lowest BCUT2D eigenvalue weighted by molar-refractivity contribution is 0.386. The van der Waals surface area contributed by atoms with Crippen molar-refractivity contribution in [1.29, 1.82) is 5.26 Å². The number of ether oxygens (including phenoxy) is 1. The van der Waals surface area contributed by atoms with Crippen LogP contribution < -0.4 is 10.1 Å². The Morgan fingerprint density at radius 1 is 1.24 bits per heavy atom. The largest absolute Gasteiger partial charge is 0.494 e. The van der Waals surface area contributed by atoms with Crippen molar-refractivity contribution in [3.8, 4) is 11.8 Å². The predicted octanol–water partition coefficient (Wildman–Crippen LogP) is 4.07. The zero-order valence-electron chi connectivity index (χ0n) is 12.1. The van der Waals surface area contributed by atoms with Gasteiger partial charge in [-0.2, -0.15) is 5.26 Å². The van der Waals surface area contributed by atoms with Crippen LogP contribution in [0.3, 0.4) is 0 Å². The Labute approximate surface area is 124 Å². The van der Waals surface area contributed by atoms with E-state index in [-0.39, 0.29) is 17.6 Å². The molecule has 0 heterocycles. The van der Waals surface area contributed by atoms with E-state index in [2.05, 4.69) is 11.4 Å². The summed E-state index contributed by atoms with van der Waals surface area (Å²) in [4.78, 5) is 0. The molecule has 0 amide bonds. The van der Waals surface area contributed by atoms with E-state index in [4.69, 9.17) is 10.00 Å². The van der Waals surface area contributed by atoms with Crippen LogP contribution in [0.2, 0.25) is 0 Å². The fraction of sp³-hybridized carbons (Fsp3) is 0.235. The predicted molar refractivity (Wildman–Crippen MR) is 80.7 cm³/mol. The average molecular weight is 284 g/mol. The number of nitriles is 1. The number of rotatable bonds is 5. The molecule has 4 heteroatoms. The van der Waals surface area contributed by atoms with Crippen molar-refractivity contribution in [2.75, 3.05) is 12.4 Å². The first kappa shape index (κ1) is 14.9. The maximum absolute atomic E-state index is 13.7. The molecule has 2 aromatic carbocycles. The molecule has 0 spiro atoms. The van der Waals surface area contributed by atoms with E-state index >= 15 is 0 Å². The second kappa shape index (κ2) is 6.76. The highest BCUT2D eigenvalue weighted by Crippen LogP contribution is 2.24. The van der Waals surface area contributed by atoms with E-state index < -0.39 is 0 Å². The summed E-state index contributed by atoms with van der Waals surface area (Å²) in [5.74, 6) is -0.125. The highest BCUT2D eigenvalue weighted by molar-refractivity contribution is 5.47. The molecule has 0 aliphatic rings. The molecule has 1 unspecified atom stereocenters. The molecule has 0 aliphatic heterocycles. The lowest BCUT2D eigenvalue weighted by Crippen LogP contribution is -2.07. The van der Waals surface area contributed by atoms with Gasteiger partial charge >= 0.3 is 0 Å². The van der Waals surface area contributed by atoms with Crippen molar-refractivity contribution >= 4 is 5.69 Å². The molecule has 0 saturated carbocycles. The van der Waals surface area contributed by atoms with Crippen molar-refractivity contribution in [2.24, 2.45) is 0 Å². The number of methoxy groups -OCH3 is 1. The summed E-state index contributed by atoms with van der Waals surface area (Å²) in [5, 5.41) is 11.9. The SMILES string of the molecule is COc1ccc(C(C)Nc2ccc(CC#N)cc2)cc1F. The molecule has 0 bridgehead atoms. The molecule has 1 atom stereocenters. The monoisotopic (exact) mass is 284 g/mol. The Kier molecular flexibility index (Phi) is 4.78. The van der Waals surface area contributed by atoms with Gasteiger partial charge in [-0.3, -0.25) is 0 Å². The van der Waals surface area contributed by atoms with Crippen LogP contribution in [-0.2, 0) is 6.42 Å². The van der Waals surface area contributed by atoms with Crippen LogP contribution in [0.5, 0.6) is 5.75 Å². The second-order valence-corrected chi connectivity index (χ2v) is 4.79. The summed E-state index contributed by atoms with van der Waals surface area (Å²) in [5.41, 5.74) is 2.75. The quantitative estimate of drug-likeness (QED) is 0.900. The van der Waals surface area contributed by atoms with E-state index in [1.807, 2.05) is 37.3 Å². The molecular weight excluding hydrogens is 267 g/mol.